The maximum atomic E-state index is 13.2. The van der Waals surface area contributed by atoms with E-state index >= 15 is 0 Å². The molecule has 0 radical (unpaired) electrons. The van der Waals surface area contributed by atoms with E-state index in [0.29, 0.717) is 62.2 Å². The van der Waals surface area contributed by atoms with Crippen LogP contribution in [0.4, 0.5) is 13.2 Å². The Morgan fingerprint density at radius 2 is 1.92 bits per heavy atom. The first-order valence-corrected chi connectivity index (χ1v) is 13.0. The summed E-state index contributed by atoms with van der Waals surface area (Å²) in [5.74, 6) is -0.883. The van der Waals surface area contributed by atoms with Gasteiger partial charge in [0.15, 0.2) is 0 Å². The number of hydrogen-bond donors (Lipinski definition) is 1. The number of methoxy groups -OCH3 is 1. The molecule has 1 aromatic carbocycles. The summed E-state index contributed by atoms with van der Waals surface area (Å²) in [5, 5.41) is 2.79. The second-order valence-corrected chi connectivity index (χ2v) is 9.97. The molecule has 1 amide bonds. The average Bonchev–Trinajstić information content (AvgIpc) is 3.15. The Balaban J connectivity index is 1.34. The van der Waals surface area contributed by atoms with Crippen LogP contribution in [-0.2, 0) is 19.1 Å². The molecular weight excluding hydrogens is 499 g/mol. The summed E-state index contributed by atoms with van der Waals surface area (Å²) in [6, 6.07) is 9.95. The number of carbonyl (C=O) groups is 2. The topological polar surface area (TPSA) is 80.2 Å². The Labute approximate surface area is 220 Å². The van der Waals surface area contributed by atoms with Crippen molar-refractivity contribution in [2.45, 2.75) is 56.9 Å². The van der Waals surface area contributed by atoms with Gasteiger partial charge in [0.2, 0.25) is 0 Å². The van der Waals surface area contributed by atoms with Gasteiger partial charge in [0.05, 0.1) is 18.2 Å². The van der Waals surface area contributed by atoms with Crippen LogP contribution >= 0.6 is 0 Å². The summed E-state index contributed by atoms with van der Waals surface area (Å²) in [6.45, 7) is 3.84. The van der Waals surface area contributed by atoms with Crippen LogP contribution in [0, 0.1) is 0 Å². The van der Waals surface area contributed by atoms with E-state index in [-0.39, 0.29) is 25.6 Å². The molecule has 0 aromatic heterocycles. The number of benzene rings is 1. The van der Waals surface area contributed by atoms with Crippen LogP contribution in [0.25, 0.3) is 0 Å². The van der Waals surface area contributed by atoms with E-state index in [0.717, 1.165) is 11.6 Å². The number of esters is 1. The number of nitrogens with zero attached hydrogens (tertiary/aromatic N) is 2. The minimum absolute atomic E-state index is 0.00138. The lowest BCUT2D eigenvalue weighted by Crippen LogP contribution is -2.49. The fraction of sp³-hybridized carbons (Fsp3) is 0.536. The number of nitrogens with one attached hydrogen (secondary N) is 1. The molecule has 4 rings (SSSR count). The van der Waals surface area contributed by atoms with E-state index in [9.17, 15) is 22.8 Å². The zero-order valence-corrected chi connectivity index (χ0v) is 21.8. The molecule has 0 bridgehead atoms. The van der Waals surface area contributed by atoms with Crippen LogP contribution in [0.5, 0.6) is 0 Å². The van der Waals surface area contributed by atoms with Gasteiger partial charge in [0, 0.05) is 63.0 Å². The van der Waals surface area contributed by atoms with Crippen LogP contribution in [0.15, 0.2) is 58.1 Å². The Hall–Kier alpha value is -2.98. The van der Waals surface area contributed by atoms with Crippen molar-refractivity contribution < 1.29 is 32.2 Å². The molecule has 1 unspecified atom stereocenters. The molecule has 2 aliphatic heterocycles. The normalized spacial score (nSPS) is 22.0. The second kappa shape index (κ2) is 11.8. The van der Waals surface area contributed by atoms with Crippen LogP contribution < -0.4 is 5.32 Å². The third-order valence-electron chi connectivity index (χ3n) is 7.49. The zero-order chi connectivity index (χ0) is 27.3. The molecule has 1 spiro atoms. The summed E-state index contributed by atoms with van der Waals surface area (Å²) in [6.07, 6.45) is -1.48. The van der Waals surface area contributed by atoms with Crippen molar-refractivity contribution in [2.24, 2.45) is 4.99 Å². The Kier molecular flexibility index (Phi) is 8.72. The number of hydrogen-bond acceptors (Lipinski definition) is 6. The fourth-order valence-corrected chi connectivity index (χ4v) is 5.40. The second-order valence-electron chi connectivity index (χ2n) is 9.97. The molecule has 7 nitrogen and oxygen atoms in total. The van der Waals surface area contributed by atoms with Gasteiger partial charge in [-0.15, -0.1) is 0 Å². The third-order valence-corrected chi connectivity index (χ3v) is 7.49. The van der Waals surface area contributed by atoms with Crippen molar-refractivity contribution >= 4 is 17.6 Å². The smallest absolute Gasteiger partial charge is 0.412 e. The summed E-state index contributed by atoms with van der Waals surface area (Å²) < 4.78 is 50.4. The number of carbonyl (C=O) groups excluding carboxylic acids is 2. The van der Waals surface area contributed by atoms with Crippen molar-refractivity contribution in [3.63, 3.8) is 0 Å². The van der Waals surface area contributed by atoms with Gasteiger partial charge in [-0.3, -0.25) is 9.79 Å². The molecular formula is C28H34F3N3O4. The molecule has 206 valence electrons. The van der Waals surface area contributed by atoms with E-state index in [1.54, 1.807) is 14.0 Å². The van der Waals surface area contributed by atoms with Gasteiger partial charge in [0.1, 0.15) is 5.60 Å². The molecule has 1 aliphatic carbocycles. The van der Waals surface area contributed by atoms with Crippen molar-refractivity contribution in [1.29, 1.82) is 0 Å². The molecule has 1 aromatic rings. The molecule has 10 heteroatoms. The summed E-state index contributed by atoms with van der Waals surface area (Å²) in [4.78, 5) is 32.1. The molecule has 2 heterocycles. The van der Waals surface area contributed by atoms with Crippen molar-refractivity contribution in [3.05, 3.63) is 58.7 Å². The van der Waals surface area contributed by atoms with E-state index in [1.807, 2.05) is 30.3 Å². The van der Waals surface area contributed by atoms with Gasteiger partial charge in [0.25, 0.3) is 5.91 Å². The molecule has 1 atom stereocenters. The molecule has 3 aliphatic rings. The summed E-state index contributed by atoms with van der Waals surface area (Å²) in [5.41, 5.74) is 0.574. The molecule has 1 fully saturated rings. The van der Waals surface area contributed by atoms with Crippen molar-refractivity contribution in [1.82, 2.24) is 10.2 Å². The quantitative estimate of drug-likeness (QED) is 0.398. The van der Waals surface area contributed by atoms with Crippen LogP contribution in [0.2, 0.25) is 0 Å². The van der Waals surface area contributed by atoms with Gasteiger partial charge >= 0.3 is 12.1 Å². The first-order valence-electron chi connectivity index (χ1n) is 13.0. The number of rotatable bonds is 8. The molecule has 1 saturated heterocycles. The van der Waals surface area contributed by atoms with E-state index in [2.05, 4.69) is 15.2 Å². The van der Waals surface area contributed by atoms with Gasteiger partial charge in [-0.05, 0) is 37.8 Å². The minimum Gasteiger partial charge on any atom is -0.450 e. The monoisotopic (exact) mass is 533 g/mol. The lowest BCUT2D eigenvalue weighted by atomic mass is 9.82. The highest BCUT2D eigenvalue weighted by molar-refractivity contribution is 6.07. The first-order chi connectivity index (χ1) is 18.1. The number of ether oxygens (including phenoxy) is 2. The highest BCUT2D eigenvalue weighted by atomic mass is 19.4. The van der Waals surface area contributed by atoms with Crippen LogP contribution in [0.1, 0.15) is 50.7 Å². The third kappa shape index (κ3) is 6.35. The van der Waals surface area contributed by atoms with Gasteiger partial charge in [-0.2, -0.15) is 13.2 Å². The number of alkyl halides is 3. The Morgan fingerprint density at radius 1 is 1.21 bits per heavy atom. The average molecular weight is 534 g/mol. The van der Waals surface area contributed by atoms with E-state index in [4.69, 9.17) is 9.47 Å². The largest absolute Gasteiger partial charge is 0.450 e. The van der Waals surface area contributed by atoms with Gasteiger partial charge < -0.3 is 19.7 Å². The number of likely N-dealkylation sites (tertiary alicyclic amines) is 1. The predicted molar refractivity (Wildman–Crippen MR) is 137 cm³/mol. The molecule has 38 heavy (non-hydrogen) atoms. The van der Waals surface area contributed by atoms with E-state index < -0.39 is 29.2 Å². The summed E-state index contributed by atoms with van der Waals surface area (Å²) in [7, 11) is 1.68. The number of amides is 1. The maximum absolute atomic E-state index is 13.2. The Morgan fingerprint density at radius 3 is 2.58 bits per heavy atom. The SMILES string of the molecule is COC(CN1CCC2(CC1)OC(=O)C(C)=C2C(=O)NCCN=C1C=C(C(F)(F)F)CCC1)c1ccccc1. The van der Waals surface area contributed by atoms with Gasteiger partial charge in [-0.25, -0.2) is 4.79 Å². The fourth-order valence-electron chi connectivity index (χ4n) is 5.40. The molecule has 0 saturated carbocycles. The van der Waals surface area contributed by atoms with Gasteiger partial charge in [-0.1, -0.05) is 30.3 Å². The number of piperidine rings is 1. The zero-order valence-electron chi connectivity index (χ0n) is 21.8. The standard InChI is InChI=1S/C28H34F3N3O4/c1-19-24(25(35)33-14-13-32-22-10-6-9-21(17-22)28(29,30)31)27(38-26(19)36)11-15-34(16-12-27)18-23(37-2)20-7-4-3-5-8-20/h3-5,7-8,17,23H,6,9-16,18H2,1-2H3,(H,33,35). The molecule has 1 N–H and O–H groups in total. The highest BCUT2D eigenvalue weighted by Crippen LogP contribution is 2.41. The number of allylic oxidation sites excluding steroid dienone is 2. The maximum Gasteiger partial charge on any atom is 0.412 e. The van der Waals surface area contributed by atoms with Crippen LogP contribution in [0.3, 0.4) is 0 Å². The van der Waals surface area contributed by atoms with E-state index in [1.165, 1.54) is 0 Å². The highest BCUT2D eigenvalue weighted by Gasteiger charge is 2.50. The van der Waals surface area contributed by atoms with Crippen molar-refractivity contribution in [3.8, 4) is 0 Å². The number of aliphatic imine (C=N–C) groups is 1. The summed E-state index contributed by atoms with van der Waals surface area (Å²) >= 11 is 0. The first kappa shape index (κ1) is 28.0. The number of halogens is 3. The predicted octanol–water partition coefficient (Wildman–Crippen LogP) is 4.31. The Bertz CT molecular complexity index is 1120. The minimum atomic E-state index is -4.34. The lowest BCUT2D eigenvalue weighted by Gasteiger charge is -2.40. The van der Waals surface area contributed by atoms with Crippen LogP contribution in [-0.4, -0.2) is 74.1 Å². The van der Waals surface area contributed by atoms with Crippen molar-refractivity contribution in [2.75, 3.05) is 39.8 Å². The lowest BCUT2D eigenvalue weighted by molar-refractivity contribution is -0.151.